The van der Waals surface area contributed by atoms with Gasteiger partial charge in [0, 0.05) is 25.2 Å². The van der Waals surface area contributed by atoms with Crippen molar-refractivity contribution in [3.05, 3.63) is 74.7 Å². The molecule has 1 fully saturated rings. The van der Waals surface area contributed by atoms with Crippen LogP contribution in [-0.4, -0.2) is 47.1 Å². The number of imide groups is 1. The molecule has 10 heteroatoms. The van der Waals surface area contributed by atoms with Gasteiger partial charge in [-0.05, 0) is 53.2 Å². The summed E-state index contributed by atoms with van der Waals surface area (Å²) in [5.41, 5.74) is 1.30. The van der Waals surface area contributed by atoms with Gasteiger partial charge in [-0.3, -0.25) is 29.4 Å². The monoisotopic (exact) mass is 441 g/mol. The largest absolute Gasteiger partial charge is 0.497 e. The number of carbonyl (C=O) groups is 3. The molecule has 1 aliphatic heterocycles. The second-order valence-corrected chi connectivity index (χ2v) is 7.55. The van der Waals surface area contributed by atoms with Gasteiger partial charge in [0.15, 0.2) is 0 Å². The van der Waals surface area contributed by atoms with Crippen molar-refractivity contribution in [1.82, 2.24) is 10.2 Å². The standard InChI is InChI=1S/C21H19N3O6S/c1-30-17-4-2-3-15(11-17)13-19(25)22-9-10-23-20(26)18(31-21(23)27)12-14-5-7-16(8-6-14)24(28)29/h2-8,11-12H,9-10,13H2,1H3,(H,22,25)/b18-12+. The molecule has 31 heavy (non-hydrogen) atoms. The fourth-order valence-corrected chi connectivity index (χ4v) is 3.74. The lowest BCUT2D eigenvalue weighted by atomic mass is 10.1. The normalized spacial score (nSPS) is 14.7. The predicted molar refractivity (Wildman–Crippen MR) is 115 cm³/mol. The Hall–Kier alpha value is -3.66. The molecule has 0 aliphatic carbocycles. The smallest absolute Gasteiger partial charge is 0.293 e. The Kier molecular flexibility index (Phi) is 7.03. The Labute approximate surface area is 182 Å². The molecule has 1 heterocycles. The fourth-order valence-electron chi connectivity index (χ4n) is 2.87. The van der Waals surface area contributed by atoms with Gasteiger partial charge in [-0.1, -0.05) is 12.1 Å². The van der Waals surface area contributed by atoms with E-state index in [1.165, 1.54) is 30.3 Å². The van der Waals surface area contributed by atoms with Crippen LogP contribution in [0.15, 0.2) is 53.4 Å². The van der Waals surface area contributed by atoms with Crippen molar-refractivity contribution >= 4 is 40.6 Å². The van der Waals surface area contributed by atoms with Crippen LogP contribution in [0, 0.1) is 10.1 Å². The number of hydrogen-bond acceptors (Lipinski definition) is 7. The number of non-ortho nitro benzene ring substituents is 1. The topological polar surface area (TPSA) is 119 Å². The minimum absolute atomic E-state index is 0.0477. The Bertz CT molecular complexity index is 1050. The molecule has 160 valence electrons. The molecule has 3 amide bonds. The van der Waals surface area contributed by atoms with Crippen LogP contribution < -0.4 is 10.1 Å². The van der Waals surface area contributed by atoms with Crippen molar-refractivity contribution in [2.45, 2.75) is 6.42 Å². The highest BCUT2D eigenvalue weighted by molar-refractivity contribution is 8.18. The number of methoxy groups -OCH3 is 1. The summed E-state index contributed by atoms with van der Waals surface area (Å²) in [7, 11) is 1.55. The summed E-state index contributed by atoms with van der Waals surface area (Å²) < 4.78 is 5.13. The summed E-state index contributed by atoms with van der Waals surface area (Å²) in [4.78, 5) is 48.3. The second kappa shape index (κ2) is 9.90. The van der Waals surface area contributed by atoms with E-state index in [1.807, 2.05) is 6.07 Å². The third-order valence-electron chi connectivity index (χ3n) is 4.43. The lowest BCUT2D eigenvalue weighted by Gasteiger charge is -2.13. The van der Waals surface area contributed by atoms with Crippen LogP contribution in [0.4, 0.5) is 10.5 Å². The average molecular weight is 441 g/mol. The first-order valence-corrected chi connectivity index (χ1v) is 10.1. The summed E-state index contributed by atoms with van der Waals surface area (Å²) in [5, 5.41) is 13.0. The minimum Gasteiger partial charge on any atom is -0.497 e. The summed E-state index contributed by atoms with van der Waals surface area (Å²) in [6.45, 7) is 0.178. The van der Waals surface area contributed by atoms with Crippen molar-refractivity contribution in [3.8, 4) is 5.75 Å². The molecular weight excluding hydrogens is 422 g/mol. The summed E-state index contributed by atoms with van der Waals surface area (Å²) in [6.07, 6.45) is 1.66. The predicted octanol–water partition coefficient (Wildman–Crippen LogP) is 3.00. The van der Waals surface area contributed by atoms with Gasteiger partial charge in [-0.25, -0.2) is 0 Å². The number of benzene rings is 2. The van der Waals surface area contributed by atoms with E-state index in [1.54, 1.807) is 25.3 Å². The first-order chi connectivity index (χ1) is 14.9. The van der Waals surface area contributed by atoms with E-state index in [0.29, 0.717) is 11.3 Å². The first-order valence-electron chi connectivity index (χ1n) is 9.27. The highest BCUT2D eigenvalue weighted by Gasteiger charge is 2.34. The molecule has 0 spiro atoms. The van der Waals surface area contributed by atoms with Gasteiger partial charge >= 0.3 is 0 Å². The third-order valence-corrected chi connectivity index (χ3v) is 5.34. The Morgan fingerprint density at radius 3 is 2.65 bits per heavy atom. The van der Waals surface area contributed by atoms with Gasteiger partial charge in [0.05, 0.1) is 23.4 Å². The number of nitrogens with one attached hydrogen (secondary N) is 1. The highest BCUT2D eigenvalue weighted by Crippen LogP contribution is 2.32. The molecule has 0 radical (unpaired) electrons. The Morgan fingerprint density at radius 2 is 1.97 bits per heavy atom. The van der Waals surface area contributed by atoms with Crippen molar-refractivity contribution in [2.24, 2.45) is 0 Å². The lowest BCUT2D eigenvalue weighted by molar-refractivity contribution is -0.384. The molecule has 1 aliphatic rings. The number of nitrogens with zero attached hydrogens (tertiary/aromatic N) is 2. The first kappa shape index (κ1) is 22.0. The van der Waals surface area contributed by atoms with Crippen LogP contribution >= 0.6 is 11.8 Å². The molecule has 0 atom stereocenters. The molecule has 2 aromatic carbocycles. The number of carbonyl (C=O) groups excluding carboxylic acids is 3. The minimum atomic E-state index is -0.514. The molecule has 3 rings (SSSR count). The lowest BCUT2D eigenvalue weighted by Crippen LogP contribution is -2.37. The van der Waals surface area contributed by atoms with Crippen molar-refractivity contribution in [2.75, 3.05) is 20.2 Å². The SMILES string of the molecule is COc1cccc(CC(=O)NCCN2C(=O)S/C(=C/c3ccc([N+](=O)[O-])cc3)C2=O)c1. The van der Waals surface area contributed by atoms with Crippen LogP contribution in [0.5, 0.6) is 5.75 Å². The van der Waals surface area contributed by atoms with Crippen molar-refractivity contribution in [1.29, 1.82) is 0 Å². The van der Waals surface area contributed by atoms with Crippen LogP contribution in [-0.2, 0) is 16.0 Å². The zero-order valence-electron chi connectivity index (χ0n) is 16.6. The van der Waals surface area contributed by atoms with Gasteiger partial charge in [0.25, 0.3) is 16.8 Å². The third kappa shape index (κ3) is 5.70. The van der Waals surface area contributed by atoms with E-state index in [9.17, 15) is 24.5 Å². The maximum atomic E-state index is 12.5. The quantitative estimate of drug-likeness (QED) is 0.380. The van der Waals surface area contributed by atoms with Crippen LogP contribution in [0.25, 0.3) is 6.08 Å². The Balaban J connectivity index is 1.53. The van der Waals surface area contributed by atoms with E-state index < -0.39 is 16.1 Å². The number of thioether (sulfide) groups is 1. The number of hydrogen-bond donors (Lipinski definition) is 1. The molecule has 0 unspecified atom stereocenters. The van der Waals surface area contributed by atoms with Crippen LogP contribution in [0.1, 0.15) is 11.1 Å². The molecule has 0 saturated carbocycles. The second-order valence-electron chi connectivity index (χ2n) is 6.56. The van der Waals surface area contributed by atoms with E-state index in [2.05, 4.69) is 5.32 Å². The zero-order chi connectivity index (χ0) is 22.4. The molecular formula is C21H19N3O6S. The Morgan fingerprint density at radius 1 is 1.23 bits per heavy atom. The average Bonchev–Trinajstić information content (AvgIpc) is 3.01. The number of nitro groups is 1. The van der Waals surface area contributed by atoms with E-state index in [4.69, 9.17) is 4.74 Å². The van der Waals surface area contributed by atoms with Crippen LogP contribution in [0.3, 0.4) is 0 Å². The number of ether oxygens (including phenoxy) is 1. The summed E-state index contributed by atoms with van der Waals surface area (Å²) in [5.74, 6) is -0.0417. The molecule has 0 aromatic heterocycles. The summed E-state index contributed by atoms with van der Waals surface area (Å²) >= 11 is 0.791. The van der Waals surface area contributed by atoms with Crippen LogP contribution in [0.2, 0.25) is 0 Å². The molecule has 0 bridgehead atoms. The fraction of sp³-hybridized carbons (Fsp3) is 0.190. The van der Waals surface area contributed by atoms with E-state index >= 15 is 0 Å². The number of rotatable bonds is 8. The highest BCUT2D eigenvalue weighted by atomic mass is 32.2. The van der Waals surface area contributed by atoms with Crippen molar-refractivity contribution < 1.29 is 24.0 Å². The van der Waals surface area contributed by atoms with Gasteiger partial charge in [0.2, 0.25) is 5.91 Å². The van der Waals surface area contributed by atoms with Gasteiger partial charge < -0.3 is 10.1 Å². The van der Waals surface area contributed by atoms with Gasteiger partial charge in [0.1, 0.15) is 5.75 Å². The maximum absolute atomic E-state index is 12.5. The maximum Gasteiger partial charge on any atom is 0.293 e. The molecule has 9 nitrogen and oxygen atoms in total. The van der Waals surface area contributed by atoms with Gasteiger partial charge in [-0.15, -0.1) is 0 Å². The van der Waals surface area contributed by atoms with Crippen molar-refractivity contribution in [3.63, 3.8) is 0 Å². The number of nitro benzene ring substituents is 1. The molecule has 2 aromatic rings. The van der Waals surface area contributed by atoms with E-state index in [0.717, 1.165) is 22.2 Å². The van der Waals surface area contributed by atoms with Gasteiger partial charge in [-0.2, -0.15) is 0 Å². The summed E-state index contributed by atoms with van der Waals surface area (Å²) in [6, 6.07) is 12.8. The molecule has 1 N–H and O–H groups in total. The zero-order valence-corrected chi connectivity index (χ0v) is 17.4. The molecule has 1 saturated heterocycles. The van der Waals surface area contributed by atoms with E-state index in [-0.39, 0.29) is 36.0 Å². The number of amides is 3.